The number of nitrogens with zero attached hydrogens (tertiary/aromatic N) is 1. The molecule has 0 aromatic heterocycles. The van der Waals surface area contributed by atoms with Gasteiger partial charge in [0.1, 0.15) is 0 Å². The van der Waals surface area contributed by atoms with Crippen molar-refractivity contribution in [3.05, 3.63) is 69.9 Å². The van der Waals surface area contributed by atoms with Crippen LogP contribution in [0.15, 0.2) is 48.5 Å². The third kappa shape index (κ3) is 3.51. The summed E-state index contributed by atoms with van der Waals surface area (Å²) >= 11 is 5.70. The Balaban J connectivity index is 2.24. The van der Waals surface area contributed by atoms with Gasteiger partial charge in [0, 0.05) is 22.7 Å². The maximum atomic E-state index is 12.4. The van der Waals surface area contributed by atoms with Crippen molar-refractivity contribution in [2.75, 3.05) is 0 Å². The van der Waals surface area contributed by atoms with Crippen LogP contribution in [0, 0.1) is 5.21 Å². The molecule has 2 aromatic rings. The van der Waals surface area contributed by atoms with E-state index < -0.39 is 11.7 Å². The lowest BCUT2D eigenvalue weighted by Gasteiger charge is -2.06. The first-order valence-corrected chi connectivity index (χ1v) is 5.98. The minimum atomic E-state index is -4.38. The molecule has 0 aliphatic rings. The number of hydrogen-bond donors (Lipinski definition) is 0. The molecule has 6 heteroatoms. The van der Waals surface area contributed by atoms with Gasteiger partial charge in [-0.3, -0.25) is 0 Å². The molecule has 20 heavy (non-hydrogen) atoms. The molecule has 2 nitrogen and oxygen atoms in total. The average Bonchev–Trinajstić information content (AvgIpc) is 2.39. The summed E-state index contributed by atoms with van der Waals surface area (Å²) in [6, 6.07) is 10.5. The van der Waals surface area contributed by atoms with Crippen molar-refractivity contribution in [1.29, 1.82) is 0 Å². The van der Waals surface area contributed by atoms with Gasteiger partial charge in [-0.25, -0.2) is 0 Å². The highest BCUT2D eigenvalue weighted by molar-refractivity contribution is 6.30. The van der Waals surface area contributed by atoms with Gasteiger partial charge < -0.3 is 5.21 Å². The Labute approximate surface area is 118 Å². The molecule has 0 heterocycles. The molecule has 0 atom stereocenters. The second-order valence-corrected chi connectivity index (χ2v) is 4.49. The third-order valence-electron chi connectivity index (χ3n) is 2.59. The van der Waals surface area contributed by atoms with Crippen LogP contribution in [-0.4, -0.2) is 11.0 Å². The molecule has 104 valence electrons. The Morgan fingerprint density at radius 1 is 0.950 bits per heavy atom. The van der Waals surface area contributed by atoms with E-state index in [1.54, 1.807) is 12.1 Å². The molecule has 0 saturated carbocycles. The molecule has 0 aliphatic carbocycles. The van der Waals surface area contributed by atoms with Crippen LogP contribution in [0.25, 0.3) is 0 Å². The highest BCUT2D eigenvalue weighted by Gasteiger charge is 2.29. The van der Waals surface area contributed by atoms with Gasteiger partial charge in [0.25, 0.3) is 0 Å². The van der Waals surface area contributed by atoms with E-state index in [0.29, 0.717) is 21.0 Å². The Morgan fingerprint density at radius 2 is 1.50 bits per heavy atom. The first kappa shape index (κ1) is 14.4. The molecule has 0 bridgehead atoms. The van der Waals surface area contributed by atoms with E-state index in [9.17, 15) is 18.4 Å². The number of rotatable bonds is 2. The molecular formula is C14H9ClF3NO. The smallest absolute Gasteiger partial charge is 0.416 e. The first-order valence-electron chi connectivity index (χ1n) is 5.60. The molecule has 2 aromatic carbocycles. The Morgan fingerprint density at radius 3 is 2.00 bits per heavy atom. The molecule has 0 unspecified atom stereocenters. The van der Waals surface area contributed by atoms with Crippen molar-refractivity contribution < 1.29 is 17.9 Å². The molecule has 0 N–H and O–H groups in total. The SMILES string of the molecule is [O-]/[N+](=C/c1ccc(C(F)(F)F)cc1)c1ccc(Cl)cc1. The van der Waals surface area contributed by atoms with Crippen molar-refractivity contribution in [3.8, 4) is 0 Å². The number of halogens is 4. The van der Waals surface area contributed by atoms with Crippen molar-refractivity contribution in [3.63, 3.8) is 0 Å². The van der Waals surface area contributed by atoms with Crippen molar-refractivity contribution >= 4 is 23.5 Å². The topological polar surface area (TPSA) is 26.1 Å². The van der Waals surface area contributed by atoms with Crippen LogP contribution in [0.1, 0.15) is 11.1 Å². The van der Waals surface area contributed by atoms with E-state index in [1.165, 1.54) is 30.5 Å². The van der Waals surface area contributed by atoms with E-state index in [4.69, 9.17) is 11.6 Å². The van der Waals surface area contributed by atoms with E-state index in [1.807, 2.05) is 0 Å². The van der Waals surface area contributed by atoms with Crippen LogP contribution >= 0.6 is 11.6 Å². The Hall–Kier alpha value is -2.01. The fraction of sp³-hybridized carbons (Fsp3) is 0.0714. The van der Waals surface area contributed by atoms with Crippen molar-refractivity contribution in [1.82, 2.24) is 0 Å². The van der Waals surface area contributed by atoms with E-state index >= 15 is 0 Å². The van der Waals surface area contributed by atoms with Gasteiger partial charge in [0.2, 0.25) is 5.69 Å². The van der Waals surface area contributed by atoms with Gasteiger partial charge in [-0.2, -0.15) is 17.9 Å². The summed E-state index contributed by atoms with van der Waals surface area (Å²) in [4.78, 5) is 0. The maximum Gasteiger partial charge on any atom is 0.416 e. The average molecular weight is 300 g/mol. The van der Waals surface area contributed by atoms with Crippen LogP contribution < -0.4 is 0 Å². The molecule has 0 saturated heterocycles. The summed E-state index contributed by atoms with van der Waals surface area (Å²) in [5.74, 6) is 0. The highest BCUT2D eigenvalue weighted by atomic mass is 35.5. The number of hydrogen-bond acceptors (Lipinski definition) is 1. The maximum absolute atomic E-state index is 12.4. The molecule has 2 rings (SSSR count). The quantitative estimate of drug-likeness (QED) is 0.344. The Bertz CT molecular complexity index is 618. The van der Waals surface area contributed by atoms with E-state index in [0.717, 1.165) is 12.1 Å². The van der Waals surface area contributed by atoms with Gasteiger partial charge in [-0.1, -0.05) is 11.6 Å². The van der Waals surface area contributed by atoms with Crippen molar-refractivity contribution in [2.45, 2.75) is 6.18 Å². The lowest BCUT2D eigenvalue weighted by Crippen LogP contribution is -2.05. The van der Waals surface area contributed by atoms with Crippen LogP contribution in [0.4, 0.5) is 18.9 Å². The summed E-state index contributed by atoms with van der Waals surface area (Å²) < 4.78 is 37.7. The second kappa shape index (κ2) is 5.54. The molecule has 0 radical (unpaired) electrons. The molecule has 0 fully saturated rings. The van der Waals surface area contributed by atoms with Gasteiger partial charge >= 0.3 is 6.18 Å². The summed E-state index contributed by atoms with van der Waals surface area (Å²) in [5, 5.41) is 12.3. The van der Waals surface area contributed by atoms with Crippen LogP contribution in [0.2, 0.25) is 5.02 Å². The van der Waals surface area contributed by atoms with Crippen LogP contribution in [0.3, 0.4) is 0 Å². The van der Waals surface area contributed by atoms with E-state index in [2.05, 4.69) is 0 Å². The lowest BCUT2D eigenvalue weighted by molar-refractivity contribution is -0.354. The zero-order chi connectivity index (χ0) is 14.8. The monoisotopic (exact) mass is 299 g/mol. The molecule has 0 amide bonds. The fourth-order valence-corrected chi connectivity index (χ4v) is 1.68. The summed E-state index contributed by atoms with van der Waals surface area (Å²) in [5.41, 5.74) is -0.0316. The highest BCUT2D eigenvalue weighted by Crippen LogP contribution is 2.28. The van der Waals surface area contributed by atoms with Gasteiger partial charge in [-0.15, -0.1) is 0 Å². The summed E-state index contributed by atoms with van der Waals surface area (Å²) in [6.45, 7) is 0. The molecule has 0 aliphatic heterocycles. The predicted octanol–water partition coefficient (Wildman–Crippen LogP) is 4.62. The van der Waals surface area contributed by atoms with Crippen LogP contribution in [0.5, 0.6) is 0 Å². The third-order valence-corrected chi connectivity index (χ3v) is 2.84. The predicted molar refractivity (Wildman–Crippen MR) is 71.3 cm³/mol. The largest absolute Gasteiger partial charge is 0.618 e. The van der Waals surface area contributed by atoms with Gasteiger partial charge in [0.05, 0.1) is 5.56 Å². The lowest BCUT2D eigenvalue weighted by atomic mass is 10.1. The Kier molecular flexibility index (Phi) is 3.99. The fourth-order valence-electron chi connectivity index (χ4n) is 1.56. The number of alkyl halides is 3. The summed E-state index contributed by atoms with van der Waals surface area (Å²) in [7, 11) is 0. The first-order chi connectivity index (χ1) is 9.36. The second-order valence-electron chi connectivity index (χ2n) is 4.05. The molecule has 0 spiro atoms. The van der Waals surface area contributed by atoms with E-state index in [-0.39, 0.29) is 0 Å². The minimum Gasteiger partial charge on any atom is -0.618 e. The van der Waals surface area contributed by atoms with Gasteiger partial charge in [-0.05, 0) is 36.4 Å². The summed E-state index contributed by atoms with van der Waals surface area (Å²) in [6.07, 6.45) is -3.19. The van der Waals surface area contributed by atoms with Gasteiger partial charge in [0.15, 0.2) is 6.21 Å². The van der Waals surface area contributed by atoms with Crippen LogP contribution in [-0.2, 0) is 6.18 Å². The zero-order valence-electron chi connectivity index (χ0n) is 10.1. The standard InChI is InChI=1S/C14H9ClF3NO/c15-12-5-7-13(8-6-12)19(20)9-10-1-3-11(4-2-10)14(16,17)18/h1-9H/b19-9+. The normalized spacial score (nSPS) is 12.5. The molecular weight excluding hydrogens is 291 g/mol. The minimum absolute atomic E-state index is 0.342. The van der Waals surface area contributed by atoms with Crippen molar-refractivity contribution in [2.24, 2.45) is 0 Å². The zero-order valence-corrected chi connectivity index (χ0v) is 10.8. The number of benzene rings is 2.